The van der Waals surface area contributed by atoms with Gasteiger partial charge < -0.3 is 9.80 Å². The highest BCUT2D eigenvalue weighted by atomic mass is 35.5. The number of fused-ring (bicyclic) bond motifs is 1. The Morgan fingerprint density at radius 2 is 1.72 bits per heavy atom. The summed E-state index contributed by atoms with van der Waals surface area (Å²) in [5.41, 5.74) is 0.971. The molecule has 154 valence electrons. The molecule has 1 aromatic heterocycles. The first-order chi connectivity index (χ1) is 14.1. The van der Waals surface area contributed by atoms with Crippen LogP contribution in [0.2, 0.25) is 5.02 Å². The molecule has 1 unspecified atom stereocenters. The van der Waals surface area contributed by atoms with Crippen LogP contribution in [-0.2, 0) is 9.59 Å². The Morgan fingerprint density at radius 1 is 0.966 bits per heavy atom. The summed E-state index contributed by atoms with van der Waals surface area (Å²) in [4.78, 5) is 34.2. The van der Waals surface area contributed by atoms with Crippen LogP contribution in [0.15, 0.2) is 18.2 Å². The van der Waals surface area contributed by atoms with Crippen LogP contribution in [-0.4, -0.2) is 52.8 Å². The van der Waals surface area contributed by atoms with E-state index in [1.165, 1.54) is 4.70 Å². The number of carbonyl (C=O) groups excluding carboxylic acids is 2. The molecule has 3 aliphatic rings. The standard InChI is InChI=1S/C22H26ClN3O2S/c23-17-5-6-19-18(12-17)24-20(29-19)14-7-10-25(11-8-14)22(28)16-2-1-9-26(13-16)21(27)15-3-4-15/h5-6,12,14-16H,1-4,7-11,13H2. The van der Waals surface area contributed by atoms with Crippen LogP contribution in [0.3, 0.4) is 0 Å². The van der Waals surface area contributed by atoms with Crippen LogP contribution in [0.25, 0.3) is 10.2 Å². The van der Waals surface area contributed by atoms with E-state index in [-0.39, 0.29) is 23.7 Å². The molecular weight excluding hydrogens is 406 g/mol. The summed E-state index contributed by atoms with van der Waals surface area (Å²) in [6.07, 6.45) is 5.82. The van der Waals surface area contributed by atoms with Gasteiger partial charge in [0, 0.05) is 43.0 Å². The highest BCUT2D eigenvalue weighted by Gasteiger charge is 2.38. The van der Waals surface area contributed by atoms with Crippen molar-refractivity contribution in [1.29, 1.82) is 0 Å². The quantitative estimate of drug-likeness (QED) is 0.727. The van der Waals surface area contributed by atoms with Gasteiger partial charge in [0.25, 0.3) is 0 Å². The summed E-state index contributed by atoms with van der Waals surface area (Å²) in [5, 5.41) is 1.88. The Labute approximate surface area is 180 Å². The van der Waals surface area contributed by atoms with Crippen molar-refractivity contribution in [2.24, 2.45) is 11.8 Å². The number of nitrogens with zero attached hydrogens (tertiary/aromatic N) is 3. The minimum Gasteiger partial charge on any atom is -0.342 e. The molecule has 1 atom stereocenters. The zero-order chi connectivity index (χ0) is 20.0. The van der Waals surface area contributed by atoms with E-state index in [1.807, 2.05) is 28.0 Å². The maximum atomic E-state index is 13.1. The molecule has 1 aromatic carbocycles. The summed E-state index contributed by atoms with van der Waals surface area (Å²) >= 11 is 7.83. The van der Waals surface area contributed by atoms with Crippen LogP contribution in [0.1, 0.15) is 49.5 Å². The van der Waals surface area contributed by atoms with E-state index in [1.54, 1.807) is 11.3 Å². The van der Waals surface area contributed by atoms with E-state index in [9.17, 15) is 9.59 Å². The number of piperidine rings is 2. The van der Waals surface area contributed by atoms with E-state index in [4.69, 9.17) is 16.6 Å². The molecule has 2 aromatic rings. The first kappa shape index (κ1) is 19.3. The van der Waals surface area contributed by atoms with Crippen molar-refractivity contribution in [3.8, 4) is 0 Å². The number of amides is 2. The fraction of sp³-hybridized carbons (Fsp3) is 0.591. The highest BCUT2D eigenvalue weighted by Crippen LogP contribution is 2.36. The monoisotopic (exact) mass is 431 g/mol. The molecule has 2 saturated heterocycles. The van der Waals surface area contributed by atoms with E-state index in [2.05, 4.69) is 0 Å². The Morgan fingerprint density at radius 3 is 2.48 bits per heavy atom. The van der Waals surface area contributed by atoms with Gasteiger partial charge in [-0.2, -0.15) is 0 Å². The number of halogens is 1. The van der Waals surface area contributed by atoms with Crippen molar-refractivity contribution in [2.45, 2.75) is 44.4 Å². The number of hydrogen-bond donors (Lipinski definition) is 0. The van der Waals surface area contributed by atoms with Crippen LogP contribution in [0.4, 0.5) is 0 Å². The van der Waals surface area contributed by atoms with Crippen molar-refractivity contribution >= 4 is 45.0 Å². The molecule has 5 nitrogen and oxygen atoms in total. The number of aromatic nitrogens is 1. The largest absolute Gasteiger partial charge is 0.342 e. The van der Waals surface area contributed by atoms with Crippen LogP contribution in [0, 0.1) is 11.8 Å². The molecule has 3 heterocycles. The van der Waals surface area contributed by atoms with Crippen molar-refractivity contribution in [3.05, 3.63) is 28.2 Å². The molecule has 29 heavy (non-hydrogen) atoms. The predicted octanol–water partition coefficient (Wildman–Crippen LogP) is 4.30. The number of thiazole rings is 1. The molecule has 0 spiro atoms. The lowest BCUT2D eigenvalue weighted by Crippen LogP contribution is -2.48. The molecule has 2 aliphatic heterocycles. The summed E-state index contributed by atoms with van der Waals surface area (Å²) in [7, 11) is 0. The second-order valence-corrected chi connectivity index (χ2v) is 10.2. The maximum Gasteiger partial charge on any atom is 0.227 e. The first-order valence-electron chi connectivity index (χ1n) is 10.7. The van der Waals surface area contributed by atoms with Gasteiger partial charge >= 0.3 is 0 Å². The minimum absolute atomic E-state index is 0.0207. The van der Waals surface area contributed by atoms with Crippen LogP contribution >= 0.6 is 22.9 Å². The van der Waals surface area contributed by atoms with Crippen molar-refractivity contribution in [3.63, 3.8) is 0 Å². The van der Waals surface area contributed by atoms with Gasteiger partial charge in [0.05, 0.1) is 21.1 Å². The maximum absolute atomic E-state index is 13.1. The summed E-state index contributed by atoms with van der Waals surface area (Å²) < 4.78 is 1.17. The Kier molecular flexibility index (Phi) is 5.25. The Balaban J connectivity index is 1.19. The summed E-state index contributed by atoms with van der Waals surface area (Å²) in [6, 6.07) is 5.87. The molecule has 2 amide bonds. The van der Waals surface area contributed by atoms with Crippen molar-refractivity contribution in [2.75, 3.05) is 26.2 Å². The molecule has 0 N–H and O–H groups in total. The number of likely N-dealkylation sites (tertiary alicyclic amines) is 2. The Bertz CT molecular complexity index is 933. The smallest absolute Gasteiger partial charge is 0.227 e. The van der Waals surface area contributed by atoms with E-state index in [0.717, 1.165) is 73.7 Å². The molecule has 5 rings (SSSR count). The van der Waals surface area contributed by atoms with Gasteiger partial charge in [-0.25, -0.2) is 4.98 Å². The lowest BCUT2D eigenvalue weighted by molar-refractivity contribution is -0.142. The van der Waals surface area contributed by atoms with Crippen molar-refractivity contribution < 1.29 is 9.59 Å². The van der Waals surface area contributed by atoms with Gasteiger partial charge in [-0.3, -0.25) is 9.59 Å². The van der Waals surface area contributed by atoms with Gasteiger partial charge in [0.2, 0.25) is 11.8 Å². The second kappa shape index (κ2) is 7.88. The minimum atomic E-state index is -0.0207. The summed E-state index contributed by atoms with van der Waals surface area (Å²) in [5.74, 6) is 1.15. The van der Waals surface area contributed by atoms with Crippen molar-refractivity contribution in [1.82, 2.24) is 14.8 Å². The van der Waals surface area contributed by atoms with Crippen LogP contribution < -0.4 is 0 Å². The fourth-order valence-corrected chi connectivity index (χ4v) is 5.95. The third-order valence-corrected chi connectivity index (χ3v) is 7.96. The molecule has 0 bridgehead atoms. The van der Waals surface area contributed by atoms with Gasteiger partial charge in [0.15, 0.2) is 0 Å². The zero-order valence-electron chi connectivity index (χ0n) is 16.5. The average molecular weight is 432 g/mol. The summed E-state index contributed by atoms with van der Waals surface area (Å²) in [6.45, 7) is 3.01. The van der Waals surface area contributed by atoms with Gasteiger partial charge in [-0.05, 0) is 56.7 Å². The molecular formula is C22H26ClN3O2S. The van der Waals surface area contributed by atoms with Gasteiger partial charge in [-0.1, -0.05) is 11.6 Å². The number of carbonyl (C=O) groups is 2. The van der Waals surface area contributed by atoms with Gasteiger partial charge in [-0.15, -0.1) is 11.3 Å². The predicted molar refractivity (Wildman–Crippen MR) is 115 cm³/mol. The van der Waals surface area contributed by atoms with E-state index in [0.29, 0.717) is 12.5 Å². The lowest BCUT2D eigenvalue weighted by atomic mass is 9.93. The molecule has 0 radical (unpaired) electrons. The first-order valence-corrected chi connectivity index (χ1v) is 11.9. The normalized spacial score (nSPS) is 23.6. The number of hydrogen-bond acceptors (Lipinski definition) is 4. The molecule has 1 aliphatic carbocycles. The topological polar surface area (TPSA) is 53.5 Å². The molecule has 1 saturated carbocycles. The fourth-order valence-electron chi connectivity index (χ4n) is 4.67. The van der Waals surface area contributed by atoms with Crippen LogP contribution in [0.5, 0.6) is 0 Å². The number of rotatable bonds is 3. The molecule has 7 heteroatoms. The second-order valence-electron chi connectivity index (χ2n) is 8.66. The number of benzene rings is 1. The SMILES string of the molecule is O=C(C1CCCN(C(=O)C2CC2)C1)N1CCC(c2nc3cc(Cl)ccc3s2)CC1. The average Bonchev–Trinajstić information content (AvgIpc) is 3.52. The Hall–Kier alpha value is -1.66. The highest BCUT2D eigenvalue weighted by molar-refractivity contribution is 7.18. The van der Waals surface area contributed by atoms with Gasteiger partial charge in [0.1, 0.15) is 0 Å². The molecule has 3 fully saturated rings. The third-order valence-electron chi connectivity index (χ3n) is 6.53. The zero-order valence-corrected chi connectivity index (χ0v) is 18.1. The van der Waals surface area contributed by atoms with E-state index < -0.39 is 0 Å². The van der Waals surface area contributed by atoms with E-state index >= 15 is 0 Å². The third kappa shape index (κ3) is 4.02. The lowest BCUT2D eigenvalue weighted by Gasteiger charge is -2.37.